The highest BCUT2D eigenvalue weighted by molar-refractivity contribution is 7.25. The van der Waals surface area contributed by atoms with Crippen molar-refractivity contribution in [2.45, 2.75) is 0 Å². The lowest BCUT2D eigenvalue weighted by Crippen LogP contribution is -2.11. The molecular formula is C52H33NOS. The summed E-state index contributed by atoms with van der Waals surface area (Å²) in [5.74, 6) is 0. The molecule has 0 aliphatic carbocycles. The average molecular weight is 720 g/mol. The number of anilines is 3. The van der Waals surface area contributed by atoms with Crippen molar-refractivity contribution in [1.82, 2.24) is 0 Å². The quantitative estimate of drug-likeness (QED) is 0.170. The van der Waals surface area contributed by atoms with Gasteiger partial charge in [-0.25, -0.2) is 0 Å². The third-order valence-corrected chi connectivity index (χ3v) is 12.0. The summed E-state index contributed by atoms with van der Waals surface area (Å²) in [6, 6.07) is 72.3. The summed E-state index contributed by atoms with van der Waals surface area (Å²) >= 11 is 1.85. The molecule has 2 aromatic heterocycles. The third-order valence-electron chi connectivity index (χ3n) is 10.9. The zero-order valence-corrected chi connectivity index (χ0v) is 30.6. The average Bonchev–Trinajstić information content (AvgIpc) is 3.83. The summed E-state index contributed by atoms with van der Waals surface area (Å²) in [7, 11) is 0. The van der Waals surface area contributed by atoms with Crippen LogP contribution in [0.1, 0.15) is 0 Å². The Balaban J connectivity index is 1.14. The predicted molar refractivity (Wildman–Crippen MR) is 235 cm³/mol. The molecular weight excluding hydrogens is 687 g/mol. The molecule has 9 aromatic carbocycles. The van der Waals surface area contributed by atoms with Crippen molar-refractivity contribution in [3.05, 3.63) is 200 Å². The van der Waals surface area contributed by atoms with Gasteiger partial charge in [-0.3, -0.25) is 0 Å². The van der Waals surface area contributed by atoms with E-state index in [2.05, 4.69) is 193 Å². The fraction of sp³-hybridized carbons (Fsp3) is 0. The van der Waals surface area contributed by atoms with Crippen molar-refractivity contribution in [2.75, 3.05) is 4.90 Å². The van der Waals surface area contributed by atoms with Crippen LogP contribution in [0.4, 0.5) is 17.1 Å². The number of fused-ring (bicyclic) bond motifs is 7. The van der Waals surface area contributed by atoms with Crippen LogP contribution < -0.4 is 4.90 Å². The van der Waals surface area contributed by atoms with Gasteiger partial charge in [-0.1, -0.05) is 152 Å². The van der Waals surface area contributed by atoms with E-state index in [0.29, 0.717) is 0 Å². The molecule has 11 rings (SSSR count). The second-order valence-electron chi connectivity index (χ2n) is 14.1. The fourth-order valence-corrected chi connectivity index (χ4v) is 9.35. The van der Waals surface area contributed by atoms with Crippen LogP contribution in [0, 0.1) is 0 Å². The number of nitrogens with zero attached hydrogens (tertiary/aromatic N) is 1. The molecule has 55 heavy (non-hydrogen) atoms. The first kappa shape index (κ1) is 31.6. The maximum absolute atomic E-state index is 6.46. The van der Waals surface area contributed by atoms with E-state index in [1.165, 1.54) is 47.6 Å². The predicted octanol–water partition coefficient (Wildman–Crippen LogP) is 15.6. The number of furan rings is 1. The Morgan fingerprint density at radius 3 is 1.89 bits per heavy atom. The Morgan fingerprint density at radius 1 is 0.364 bits per heavy atom. The van der Waals surface area contributed by atoms with Crippen molar-refractivity contribution in [1.29, 1.82) is 0 Å². The molecule has 0 bridgehead atoms. The normalized spacial score (nSPS) is 11.6. The van der Waals surface area contributed by atoms with Crippen LogP contribution in [0.5, 0.6) is 0 Å². The van der Waals surface area contributed by atoms with Gasteiger partial charge in [-0.05, 0) is 81.6 Å². The zero-order valence-electron chi connectivity index (χ0n) is 29.8. The summed E-state index contributed by atoms with van der Waals surface area (Å²) in [5.41, 5.74) is 12.0. The molecule has 0 aliphatic rings. The second kappa shape index (κ2) is 12.9. The molecule has 0 aliphatic heterocycles. The Bertz CT molecular complexity index is 3200. The van der Waals surface area contributed by atoms with E-state index >= 15 is 0 Å². The minimum atomic E-state index is 0.906. The smallest absolute Gasteiger partial charge is 0.143 e. The number of hydrogen-bond acceptors (Lipinski definition) is 3. The number of hydrogen-bond donors (Lipinski definition) is 0. The van der Waals surface area contributed by atoms with Gasteiger partial charge in [0.2, 0.25) is 0 Å². The summed E-state index contributed by atoms with van der Waals surface area (Å²) in [6.07, 6.45) is 0. The van der Waals surface area contributed by atoms with Gasteiger partial charge >= 0.3 is 0 Å². The van der Waals surface area contributed by atoms with Crippen molar-refractivity contribution in [3.8, 4) is 33.4 Å². The number of rotatable bonds is 6. The highest BCUT2D eigenvalue weighted by Crippen LogP contribution is 2.46. The lowest BCUT2D eigenvalue weighted by atomic mass is 9.94. The van der Waals surface area contributed by atoms with Gasteiger partial charge < -0.3 is 9.32 Å². The van der Waals surface area contributed by atoms with E-state index in [1.54, 1.807) is 0 Å². The molecule has 2 heterocycles. The van der Waals surface area contributed by atoms with Gasteiger partial charge in [0, 0.05) is 53.4 Å². The topological polar surface area (TPSA) is 16.4 Å². The van der Waals surface area contributed by atoms with Gasteiger partial charge in [0.1, 0.15) is 11.2 Å². The lowest BCUT2D eigenvalue weighted by molar-refractivity contribution is 0.670. The molecule has 0 unspecified atom stereocenters. The molecule has 0 fully saturated rings. The maximum atomic E-state index is 6.46. The first-order chi connectivity index (χ1) is 27.3. The summed E-state index contributed by atoms with van der Waals surface area (Å²) < 4.78 is 9.05. The molecule has 0 atom stereocenters. The number of thiophene rings is 1. The molecule has 3 heteroatoms. The largest absolute Gasteiger partial charge is 0.455 e. The molecule has 2 nitrogen and oxygen atoms in total. The van der Waals surface area contributed by atoms with Crippen LogP contribution in [-0.4, -0.2) is 0 Å². The Morgan fingerprint density at radius 2 is 1.00 bits per heavy atom. The molecule has 0 N–H and O–H groups in total. The van der Waals surface area contributed by atoms with Crippen LogP contribution in [-0.2, 0) is 0 Å². The van der Waals surface area contributed by atoms with E-state index in [0.717, 1.165) is 55.7 Å². The Kier molecular flexibility index (Phi) is 7.39. The van der Waals surface area contributed by atoms with Gasteiger partial charge in [-0.15, -0.1) is 11.3 Å². The molecule has 0 spiro atoms. The first-order valence-corrected chi connectivity index (χ1v) is 19.5. The van der Waals surface area contributed by atoms with Crippen molar-refractivity contribution < 1.29 is 4.42 Å². The molecule has 11 aromatic rings. The third kappa shape index (κ3) is 5.32. The Labute approximate surface area is 322 Å². The van der Waals surface area contributed by atoms with E-state index in [-0.39, 0.29) is 0 Å². The molecule has 0 saturated heterocycles. The van der Waals surface area contributed by atoms with Gasteiger partial charge in [0.15, 0.2) is 0 Å². The van der Waals surface area contributed by atoms with Crippen molar-refractivity contribution in [3.63, 3.8) is 0 Å². The van der Waals surface area contributed by atoms with Crippen molar-refractivity contribution in [2.24, 2.45) is 0 Å². The minimum absolute atomic E-state index is 0.906. The number of benzene rings is 9. The zero-order chi connectivity index (χ0) is 36.3. The monoisotopic (exact) mass is 719 g/mol. The van der Waals surface area contributed by atoms with E-state index in [4.69, 9.17) is 4.42 Å². The lowest BCUT2D eigenvalue weighted by Gasteiger charge is -2.29. The van der Waals surface area contributed by atoms with E-state index in [1.807, 2.05) is 23.5 Å². The SMILES string of the molecule is c1ccc(-c2ccc(-c3cccc4ccccc34)cc2N(c2ccc(-c3cccc4c3oc3ccccc34)cc2)c2ccc3sc4ccccc4c3c2)cc1. The van der Waals surface area contributed by atoms with Crippen molar-refractivity contribution >= 4 is 81.3 Å². The summed E-state index contributed by atoms with van der Waals surface area (Å²) in [5, 5.41) is 7.29. The van der Waals surface area contributed by atoms with Crippen LogP contribution in [0.15, 0.2) is 205 Å². The standard InChI is InChI=1S/C52H33NOS/c1-2-12-35(13-3-1)42-30-26-37(41-19-10-15-34-14-4-5-16-40(34)41)32-48(42)53(39-29-31-51-47(33-39)45-18-7-9-23-50(45)55-51)38-27-24-36(25-28-38)43-20-11-21-46-44-17-6-8-22-49(44)54-52(43)46/h1-33H. The van der Waals surface area contributed by atoms with E-state index < -0.39 is 0 Å². The summed E-state index contributed by atoms with van der Waals surface area (Å²) in [4.78, 5) is 2.44. The van der Waals surface area contributed by atoms with Crippen LogP contribution in [0.3, 0.4) is 0 Å². The first-order valence-electron chi connectivity index (χ1n) is 18.7. The molecule has 0 radical (unpaired) electrons. The van der Waals surface area contributed by atoms with Crippen LogP contribution >= 0.6 is 11.3 Å². The van der Waals surface area contributed by atoms with Crippen LogP contribution in [0.25, 0.3) is 86.3 Å². The van der Waals surface area contributed by atoms with Gasteiger partial charge in [0.25, 0.3) is 0 Å². The minimum Gasteiger partial charge on any atom is -0.455 e. The molecule has 0 amide bonds. The van der Waals surface area contributed by atoms with E-state index in [9.17, 15) is 0 Å². The molecule has 258 valence electrons. The summed E-state index contributed by atoms with van der Waals surface area (Å²) in [6.45, 7) is 0. The number of para-hydroxylation sites is 2. The Hall–Kier alpha value is -6.94. The second-order valence-corrected chi connectivity index (χ2v) is 15.1. The molecule has 0 saturated carbocycles. The van der Waals surface area contributed by atoms with Gasteiger partial charge in [-0.2, -0.15) is 0 Å². The fourth-order valence-electron chi connectivity index (χ4n) is 8.27. The maximum Gasteiger partial charge on any atom is 0.143 e. The van der Waals surface area contributed by atoms with Crippen LogP contribution in [0.2, 0.25) is 0 Å². The highest BCUT2D eigenvalue weighted by Gasteiger charge is 2.21. The highest BCUT2D eigenvalue weighted by atomic mass is 32.1. The van der Waals surface area contributed by atoms with Gasteiger partial charge in [0.05, 0.1) is 5.69 Å².